The van der Waals surface area contributed by atoms with Crippen molar-refractivity contribution in [3.05, 3.63) is 60.3 Å². The SMILES string of the molecule is CC1CCN(C(=O)C(CCc2ccccc2S(C)(=O)=O)NS(=O)(=O)c2cccc3[nH]ccc23)CC1. The number of hydrogen-bond acceptors (Lipinski definition) is 5. The number of fused-ring (bicyclic) bond motifs is 1. The molecule has 1 amide bonds. The lowest BCUT2D eigenvalue weighted by molar-refractivity contribution is -0.134. The Labute approximate surface area is 206 Å². The highest BCUT2D eigenvalue weighted by Gasteiger charge is 2.32. The molecule has 1 aliphatic heterocycles. The van der Waals surface area contributed by atoms with Crippen molar-refractivity contribution in [2.24, 2.45) is 5.92 Å². The number of sulfone groups is 1. The molecule has 1 unspecified atom stereocenters. The largest absolute Gasteiger partial charge is 0.361 e. The molecule has 0 aliphatic carbocycles. The lowest BCUT2D eigenvalue weighted by Gasteiger charge is -2.33. The average molecular weight is 518 g/mol. The number of aromatic amines is 1. The third-order valence-corrected chi connectivity index (χ3v) is 9.34. The van der Waals surface area contributed by atoms with Gasteiger partial charge in [0.2, 0.25) is 15.9 Å². The minimum Gasteiger partial charge on any atom is -0.361 e. The summed E-state index contributed by atoms with van der Waals surface area (Å²) >= 11 is 0. The van der Waals surface area contributed by atoms with Gasteiger partial charge < -0.3 is 9.88 Å². The molecule has 0 spiro atoms. The number of nitrogens with one attached hydrogen (secondary N) is 2. The van der Waals surface area contributed by atoms with Crippen molar-refractivity contribution in [3.63, 3.8) is 0 Å². The van der Waals surface area contributed by atoms with Crippen LogP contribution < -0.4 is 4.72 Å². The standard InChI is InChI=1S/C25H31N3O5S2/c1-18-13-16-28(17-14-18)25(29)22(11-10-19-6-3-4-8-23(19)34(2,30)31)27-35(32,33)24-9-5-7-21-20(24)12-15-26-21/h3-9,12,15,18,22,26-27H,10-11,13-14,16-17H2,1-2H3. The number of benzene rings is 2. The van der Waals surface area contributed by atoms with Crippen molar-refractivity contribution in [3.8, 4) is 0 Å². The first-order valence-electron chi connectivity index (χ1n) is 11.7. The van der Waals surface area contributed by atoms with Crippen LogP contribution in [0.4, 0.5) is 0 Å². The van der Waals surface area contributed by atoms with Crippen LogP contribution >= 0.6 is 0 Å². The quantitative estimate of drug-likeness (QED) is 0.476. The Hall–Kier alpha value is -2.69. The second kappa shape index (κ2) is 10.1. The number of nitrogens with zero attached hydrogens (tertiary/aromatic N) is 1. The van der Waals surface area contributed by atoms with Crippen molar-refractivity contribution in [2.45, 2.75) is 48.4 Å². The van der Waals surface area contributed by atoms with Crippen molar-refractivity contribution >= 4 is 36.7 Å². The molecular weight excluding hydrogens is 486 g/mol. The van der Waals surface area contributed by atoms with Crippen LogP contribution in [0.15, 0.2) is 64.5 Å². The third kappa shape index (κ3) is 5.76. The highest BCUT2D eigenvalue weighted by Crippen LogP contribution is 2.24. The predicted octanol–water partition coefficient (Wildman–Crippen LogP) is 3.11. The van der Waals surface area contributed by atoms with Crippen LogP contribution in [0.3, 0.4) is 0 Å². The fraction of sp³-hybridized carbons (Fsp3) is 0.400. The number of sulfonamides is 1. The number of amides is 1. The zero-order valence-electron chi connectivity index (χ0n) is 19.9. The molecule has 3 aromatic rings. The fourth-order valence-corrected chi connectivity index (χ4v) is 7.01. The average Bonchev–Trinajstić information content (AvgIpc) is 3.30. The van der Waals surface area contributed by atoms with Crippen LogP contribution in [-0.2, 0) is 31.1 Å². The summed E-state index contributed by atoms with van der Waals surface area (Å²) in [6.45, 7) is 3.29. The zero-order valence-corrected chi connectivity index (χ0v) is 21.5. The van der Waals surface area contributed by atoms with Gasteiger partial charge in [0.25, 0.3) is 0 Å². The summed E-state index contributed by atoms with van der Waals surface area (Å²) in [7, 11) is -7.49. The second-order valence-corrected chi connectivity index (χ2v) is 13.0. The summed E-state index contributed by atoms with van der Waals surface area (Å²) in [5, 5.41) is 0.542. The van der Waals surface area contributed by atoms with Gasteiger partial charge in [-0.1, -0.05) is 31.2 Å². The number of H-pyrrole nitrogens is 1. The van der Waals surface area contributed by atoms with Crippen molar-refractivity contribution in [2.75, 3.05) is 19.3 Å². The van der Waals surface area contributed by atoms with Crippen molar-refractivity contribution in [1.82, 2.24) is 14.6 Å². The number of likely N-dealkylation sites (tertiary alicyclic amines) is 1. The number of aryl methyl sites for hydroxylation is 1. The van der Waals surface area contributed by atoms with Gasteiger partial charge in [-0.3, -0.25) is 4.79 Å². The van der Waals surface area contributed by atoms with E-state index in [1.54, 1.807) is 47.5 Å². The highest BCUT2D eigenvalue weighted by molar-refractivity contribution is 7.90. The van der Waals surface area contributed by atoms with E-state index in [-0.39, 0.29) is 28.5 Å². The number of hydrogen-bond donors (Lipinski definition) is 2. The van der Waals surface area contributed by atoms with Crippen LogP contribution in [0, 0.1) is 5.92 Å². The number of piperidine rings is 1. The molecule has 1 fully saturated rings. The van der Waals surface area contributed by atoms with Crippen molar-refractivity contribution in [1.29, 1.82) is 0 Å². The molecule has 35 heavy (non-hydrogen) atoms. The van der Waals surface area contributed by atoms with Gasteiger partial charge in [0.1, 0.15) is 6.04 Å². The molecule has 1 saturated heterocycles. The Morgan fingerprint density at radius 2 is 1.71 bits per heavy atom. The van der Waals surface area contributed by atoms with E-state index in [2.05, 4.69) is 16.6 Å². The highest BCUT2D eigenvalue weighted by atomic mass is 32.2. The normalized spacial score (nSPS) is 16.5. The van der Waals surface area contributed by atoms with Gasteiger partial charge in [-0.2, -0.15) is 4.72 Å². The molecule has 4 rings (SSSR count). The van der Waals surface area contributed by atoms with Crippen LogP contribution in [0.5, 0.6) is 0 Å². The lowest BCUT2D eigenvalue weighted by atomic mass is 9.98. The first kappa shape index (κ1) is 25.4. The molecule has 10 heteroatoms. The van der Waals surface area contributed by atoms with Gasteiger partial charge in [0, 0.05) is 36.4 Å². The predicted molar refractivity (Wildman–Crippen MR) is 135 cm³/mol. The number of carbonyl (C=O) groups excluding carboxylic acids is 1. The van der Waals surface area contributed by atoms with Crippen LogP contribution in [0.2, 0.25) is 0 Å². The van der Waals surface area contributed by atoms with Gasteiger partial charge in [-0.25, -0.2) is 16.8 Å². The van der Waals surface area contributed by atoms with Crippen LogP contribution in [0.25, 0.3) is 10.9 Å². The summed E-state index contributed by atoms with van der Waals surface area (Å²) in [6, 6.07) is 12.2. The molecule has 0 bridgehead atoms. The fourth-order valence-electron chi connectivity index (χ4n) is 4.60. The molecule has 8 nitrogen and oxygen atoms in total. The monoisotopic (exact) mass is 517 g/mol. The van der Waals surface area contributed by atoms with E-state index in [0.717, 1.165) is 19.1 Å². The molecule has 0 radical (unpaired) electrons. The second-order valence-electron chi connectivity index (χ2n) is 9.30. The van der Waals surface area contributed by atoms with Crippen molar-refractivity contribution < 1.29 is 21.6 Å². The van der Waals surface area contributed by atoms with Crippen LogP contribution in [0.1, 0.15) is 31.7 Å². The van der Waals surface area contributed by atoms with Gasteiger partial charge >= 0.3 is 0 Å². The van der Waals surface area contributed by atoms with Gasteiger partial charge in [0.05, 0.1) is 9.79 Å². The lowest BCUT2D eigenvalue weighted by Crippen LogP contribution is -2.50. The molecule has 0 saturated carbocycles. The molecule has 2 heterocycles. The summed E-state index contributed by atoms with van der Waals surface area (Å²) in [5.41, 5.74) is 1.25. The topological polar surface area (TPSA) is 116 Å². The Morgan fingerprint density at radius 3 is 2.43 bits per heavy atom. The van der Waals surface area contributed by atoms with Crippen LogP contribution in [-0.4, -0.2) is 58.0 Å². The maximum atomic E-state index is 13.5. The Morgan fingerprint density at radius 1 is 1.03 bits per heavy atom. The Bertz CT molecular complexity index is 1420. The minimum atomic E-state index is -4.03. The molecule has 1 atom stereocenters. The minimum absolute atomic E-state index is 0.0952. The Balaban J connectivity index is 1.63. The molecule has 188 valence electrons. The van der Waals surface area contributed by atoms with Gasteiger partial charge in [-0.15, -0.1) is 0 Å². The number of rotatable bonds is 8. The summed E-state index contributed by atoms with van der Waals surface area (Å²) in [6.07, 6.45) is 4.92. The summed E-state index contributed by atoms with van der Waals surface area (Å²) < 4.78 is 54.0. The summed E-state index contributed by atoms with van der Waals surface area (Å²) in [5.74, 6) is 0.237. The van der Waals surface area contributed by atoms with Gasteiger partial charge in [-0.05, 0) is 61.4 Å². The third-order valence-electron chi connectivity index (χ3n) is 6.61. The number of carbonyl (C=O) groups is 1. The summed E-state index contributed by atoms with van der Waals surface area (Å²) in [4.78, 5) is 18.5. The van der Waals surface area contributed by atoms with Gasteiger partial charge in [0.15, 0.2) is 9.84 Å². The molecule has 1 aromatic heterocycles. The van der Waals surface area contributed by atoms with E-state index >= 15 is 0 Å². The molecular formula is C25H31N3O5S2. The molecule has 2 N–H and O–H groups in total. The smallest absolute Gasteiger partial charge is 0.241 e. The maximum absolute atomic E-state index is 13.5. The van der Waals surface area contributed by atoms with E-state index in [1.165, 1.54) is 12.1 Å². The first-order chi connectivity index (χ1) is 16.6. The number of aromatic nitrogens is 1. The van der Waals surface area contributed by atoms with E-state index < -0.39 is 25.9 Å². The Kier molecular flexibility index (Phi) is 7.35. The van der Waals surface area contributed by atoms with E-state index in [4.69, 9.17) is 0 Å². The molecule has 2 aromatic carbocycles. The molecule has 1 aliphatic rings. The van der Waals surface area contributed by atoms with E-state index in [9.17, 15) is 21.6 Å². The van der Waals surface area contributed by atoms with E-state index in [1.807, 2.05) is 0 Å². The first-order valence-corrected chi connectivity index (χ1v) is 15.1. The maximum Gasteiger partial charge on any atom is 0.241 e. The zero-order chi connectivity index (χ0) is 25.2. The van der Waals surface area contributed by atoms with E-state index in [0.29, 0.717) is 35.5 Å².